The summed E-state index contributed by atoms with van der Waals surface area (Å²) in [4.78, 5) is 0. The lowest BCUT2D eigenvalue weighted by Crippen LogP contribution is -2.28. The van der Waals surface area contributed by atoms with E-state index >= 15 is 0 Å². The van der Waals surface area contributed by atoms with Crippen LogP contribution in [0.15, 0.2) is 12.2 Å². The fourth-order valence-electron chi connectivity index (χ4n) is 2.71. The number of hydrogen-bond acceptors (Lipinski definition) is 0. The Bertz CT molecular complexity index is 169. The zero-order chi connectivity index (χ0) is 9.73. The molecule has 1 saturated carbocycles. The molecule has 0 N–H and O–H groups in total. The standard InChI is InChI=1S/C13H24/c1-4-6-10-13(3)11-8-7-9-12(13)5-2/h6,10,12H,4-5,7-9,11H2,1-3H3. The van der Waals surface area contributed by atoms with Crippen molar-refractivity contribution < 1.29 is 0 Å². The maximum atomic E-state index is 2.49. The summed E-state index contributed by atoms with van der Waals surface area (Å²) in [6.45, 7) is 7.02. The predicted octanol–water partition coefficient (Wildman–Crippen LogP) is 4.56. The lowest BCUT2D eigenvalue weighted by molar-refractivity contribution is 0.167. The SMILES string of the molecule is CCC=CC1(C)CCCCC1CC. The van der Waals surface area contributed by atoms with Gasteiger partial charge in [-0.05, 0) is 30.6 Å². The minimum Gasteiger partial charge on any atom is -0.0883 e. The molecule has 1 fully saturated rings. The molecule has 0 saturated heterocycles. The minimum atomic E-state index is 0.517. The Labute approximate surface area is 83.4 Å². The molecule has 0 amide bonds. The third kappa shape index (κ3) is 2.59. The van der Waals surface area contributed by atoms with Crippen molar-refractivity contribution in [1.82, 2.24) is 0 Å². The van der Waals surface area contributed by atoms with E-state index in [1.165, 1.54) is 38.5 Å². The molecule has 0 aromatic carbocycles. The van der Waals surface area contributed by atoms with Gasteiger partial charge in [-0.1, -0.05) is 52.2 Å². The van der Waals surface area contributed by atoms with Crippen LogP contribution in [-0.2, 0) is 0 Å². The Kier molecular flexibility index (Phi) is 4.02. The van der Waals surface area contributed by atoms with E-state index in [9.17, 15) is 0 Å². The average molecular weight is 180 g/mol. The van der Waals surface area contributed by atoms with E-state index in [0.29, 0.717) is 5.41 Å². The molecular weight excluding hydrogens is 156 g/mol. The lowest BCUT2D eigenvalue weighted by atomic mass is 9.66. The van der Waals surface area contributed by atoms with Gasteiger partial charge in [-0.15, -0.1) is 0 Å². The largest absolute Gasteiger partial charge is 0.0883 e. The van der Waals surface area contributed by atoms with Crippen molar-refractivity contribution in [1.29, 1.82) is 0 Å². The molecule has 13 heavy (non-hydrogen) atoms. The molecule has 76 valence electrons. The first-order chi connectivity index (χ1) is 6.23. The zero-order valence-electron chi connectivity index (χ0n) is 9.47. The Hall–Kier alpha value is -0.260. The maximum Gasteiger partial charge on any atom is -0.0118 e. The van der Waals surface area contributed by atoms with Crippen LogP contribution in [0.1, 0.15) is 59.3 Å². The molecule has 0 radical (unpaired) electrons. The highest BCUT2D eigenvalue weighted by atomic mass is 14.4. The fourth-order valence-corrected chi connectivity index (χ4v) is 2.71. The van der Waals surface area contributed by atoms with Crippen molar-refractivity contribution in [3.8, 4) is 0 Å². The van der Waals surface area contributed by atoms with Gasteiger partial charge < -0.3 is 0 Å². The van der Waals surface area contributed by atoms with Gasteiger partial charge in [0.1, 0.15) is 0 Å². The summed E-state index contributed by atoms with van der Waals surface area (Å²) in [5, 5.41) is 0. The summed E-state index contributed by atoms with van der Waals surface area (Å²) in [5.41, 5.74) is 0.517. The Morgan fingerprint density at radius 3 is 2.69 bits per heavy atom. The third-order valence-corrected chi connectivity index (χ3v) is 3.68. The second-order valence-electron chi connectivity index (χ2n) is 4.67. The lowest BCUT2D eigenvalue weighted by Gasteiger charge is -2.39. The first-order valence-electron chi connectivity index (χ1n) is 5.90. The highest BCUT2D eigenvalue weighted by Gasteiger charge is 2.32. The van der Waals surface area contributed by atoms with E-state index in [1.807, 2.05) is 0 Å². The predicted molar refractivity (Wildman–Crippen MR) is 59.8 cm³/mol. The van der Waals surface area contributed by atoms with E-state index in [-0.39, 0.29) is 0 Å². The molecule has 2 atom stereocenters. The molecule has 0 aromatic heterocycles. The van der Waals surface area contributed by atoms with Crippen LogP contribution in [0.3, 0.4) is 0 Å². The van der Waals surface area contributed by atoms with Crippen LogP contribution < -0.4 is 0 Å². The van der Waals surface area contributed by atoms with Crippen LogP contribution in [0.5, 0.6) is 0 Å². The first-order valence-corrected chi connectivity index (χ1v) is 5.90. The van der Waals surface area contributed by atoms with Gasteiger partial charge in [-0.2, -0.15) is 0 Å². The molecule has 0 heterocycles. The molecule has 0 bridgehead atoms. The highest BCUT2D eigenvalue weighted by molar-refractivity contribution is 5.01. The van der Waals surface area contributed by atoms with Gasteiger partial charge >= 0.3 is 0 Å². The van der Waals surface area contributed by atoms with Crippen molar-refractivity contribution >= 4 is 0 Å². The zero-order valence-corrected chi connectivity index (χ0v) is 9.47. The molecule has 0 spiro atoms. The van der Waals surface area contributed by atoms with Gasteiger partial charge in [0.2, 0.25) is 0 Å². The van der Waals surface area contributed by atoms with E-state index in [2.05, 4.69) is 32.9 Å². The van der Waals surface area contributed by atoms with Crippen LogP contribution in [0.25, 0.3) is 0 Å². The van der Waals surface area contributed by atoms with Gasteiger partial charge in [-0.25, -0.2) is 0 Å². The summed E-state index contributed by atoms with van der Waals surface area (Å²) in [7, 11) is 0. The molecule has 0 nitrogen and oxygen atoms in total. The maximum absolute atomic E-state index is 2.49. The van der Waals surface area contributed by atoms with Gasteiger partial charge in [0.05, 0.1) is 0 Å². The van der Waals surface area contributed by atoms with Gasteiger partial charge in [-0.3, -0.25) is 0 Å². The number of rotatable bonds is 3. The molecule has 2 unspecified atom stereocenters. The van der Waals surface area contributed by atoms with E-state index < -0.39 is 0 Å². The average Bonchev–Trinajstić information content (AvgIpc) is 2.16. The molecule has 0 aromatic rings. The first kappa shape index (κ1) is 10.8. The van der Waals surface area contributed by atoms with Gasteiger partial charge in [0.15, 0.2) is 0 Å². The van der Waals surface area contributed by atoms with Crippen LogP contribution in [0, 0.1) is 11.3 Å². The molecule has 1 aliphatic carbocycles. The minimum absolute atomic E-state index is 0.517. The highest BCUT2D eigenvalue weighted by Crippen LogP contribution is 2.43. The normalized spacial score (nSPS) is 35.5. The molecule has 1 aliphatic rings. The van der Waals surface area contributed by atoms with Crippen molar-refractivity contribution in [3.63, 3.8) is 0 Å². The van der Waals surface area contributed by atoms with Gasteiger partial charge in [0, 0.05) is 0 Å². The number of hydrogen-bond donors (Lipinski definition) is 0. The van der Waals surface area contributed by atoms with Crippen LogP contribution >= 0.6 is 0 Å². The quantitative estimate of drug-likeness (QED) is 0.558. The number of allylic oxidation sites excluding steroid dienone is 2. The smallest absolute Gasteiger partial charge is 0.0118 e. The Morgan fingerprint density at radius 1 is 1.31 bits per heavy atom. The third-order valence-electron chi connectivity index (χ3n) is 3.68. The summed E-state index contributed by atoms with van der Waals surface area (Å²) < 4.78 is 0. The van der Waals surface area contributed by atoms with Crippen molar-refractivity contribution in [2.75, 3.05) is 0 Å². The molecule has 0 aliphatic heterocycles. The Balaban J connectivity index is 2.64. The van der Waals surface area contributed by atoms with E-state index in [4.69, 9.17) is 0 Å². The second-order valence-corrected chi connectivity index (χ2v) is 4.67. The summed E-state index contributed by atoms with van der Waals surface area (Å²) in [6.07, 6.45) is 13.1. The van der Waals surface area contributed by atoms with Crippen molar-refractivity contribution in [2.45, 2.75) is 59.3 Å². The van der Waals surface area contributed by atoms with Gasteiger partial charge in [0.25, 0.3) is 0 Å². The second kappa shape index (κ2) is 4.83. The fraction of sp³-hybridized carbons (Fsp3) is 0.846. The van der Waals surface area contributed by atoms with E-state index in [0.717, 1.165) is 5.92 Å². The molecule has 1 rings (SSSR count). The molecule has 0 heteroatoms. The summed E-state index contributed by atoms with van der Waals surface area (Å²) >= 11 is 0. The monoisotopic (exact) mass is 180 g/mol. The Morgan fingerprint density at radius 2 is 2.08 bits per heavy atom. The topological polar surface area (TPSA) is 0 Å². The van der Waals surface area contributed by atoms with Crippen molar-refractivity contribution in [3.05, 3.63) is 12.2 Å². The van der Waals surface area contributed by atoms with Crippen LogP contribution in [0.2, 0.25) is 0 Å². The van der Waals surface area contributed by atoms with Crippen molar-refractivity contribution in [2.24, 2.45) is 11.3 Å². The summed E-state index contributed by atoms with van der Waals surface area (Å²) in [5.74, 6) is 0.934. The molecular formula is C13H24. The summed E-state index contributed by atoms with van der Waals surface area (Å²) in [6, 6.07) is 0. The van der Waals surface area contributed by atoms with E-state index in [1.54, 1.807) is 0 Å². The van der Waals surface area contributed by atoms with Crippen LogP contribution in [-0.4, -0.2) is 0 Å². The van der Waals surface area contributed by atoms with Crippen LogP contribution in [0.4, 0.5) is 0 Å².